The second-order valence-electron chi connectivity index (χ2n) is 7.72. The van der Waals surface area contributed by atoms with E-state index in [0.717, 1.165) is 4.90 Å². The van der Waals surface area contributed by atoms with Crippen molar-refractivity contribution in [1.29, 1.82) is 0 Å². The molecule has 1 saturated carbocycles. The average molecular weight is 401 g/mol. The second-order valence-corrected chi connectivity index (χ2v) is 7.72. The highest BCUT2D eigenvalue weighted by atomic mass is 19.1. The van der Waals surface area contributed by atoms with Crippen molar-refractivity contribution < 1.29 is 23.5 Å². The number of pyridine rings is 1. The first-order valence-electron chi connectivity index (χ1n) is 9.49. The number of rotatable bonds is 4. The summed E-state index contributed by atoms with van der Waals surface area (Å²) in [5.41, 5.74) is 1.30. The highest BCUT2D eigenvalue weighted by Gasteiger charge is 2.48. The molecule has 152 valence electrons. The Labute approximate surface area is 166 Å². The van der Waals surface area contributed by atoms with Gasteiger partial charge in [-0.25, -0.2) is 13.8 Å². The lowest BCUT2D eigenvalue weighted by Crippen LogP contribution is -2.64. The molecular formula is C21H21F2N3O3. The fourth-order valence-electron chi connectivity index (χ4n) is 3.97. The molecule has 1 aromatic carbocycles. The maximum Gasteiger partial charge on any atom is 0.251 e. The SMILES string of the molecule is Cc1cnc(N2CC(=O)N(Cc3ccc(F)cc3)C(C3CC(O)C3)C2=O)c(F)c1. The topological polar surface area (TPSA) is 73.7 Å². The van der Waals surface area contributed by atoms with Gasteiger partial charge in [0.1, 0.15) is 18.4 Å². The number of anilines is 1. The molecule has 2 amide bonds. The number of aryl methyl sites for hydroxylation is 1. The van der Waals surface area contributed by atoms with Crippen molar-refractivity contribution in [3.05, 3.63) is 59.3 Å². The van der Waals surface area contributed by atoms with Gasteiger partial charge in [-0.1, -0.05) is 12.1 Å². The third kappa shape index (κ3) is 3.72. The predicted octanol–water partition coefficient (Wildman–Crippen LogP) is 2.18. The Bertz CT molecular complexity index is 945. The van der Waals surface area contributed by atoms with Gasteiger partial charge in [-0.05, 0) is 55.0 Å². The van der Waals surface area contributed by atoms with Gasteiger partial charge in [-0.2, -0.15) is 0 Å². The summed E-state index contributed by atoms with van der Waals surface area (Å²) in [6, 6.07) is 6.16. The maximum atomic E-state index is 14.4. The van der Waals surface area contributed by atoms with Crippen molar-refractivity contribution >= 4 is 17.6 Å². The Morgan fingerprint density at radius 3 is 2.48 bits per heavy atom. The van der Waals surface area contributed by atoms with E-state index in [1.54, 1.807) is 19.1 Å². The van der Waals surface area contributed by atoms with Crippen LogP contribution in [-0.4, -0.2) is 45.5 Å². The van der Waals surface area contributed by atoms with E-state index >= 15 is 0 Å². The zero-order valence-electron chi connectivity index (χ0n) is 15.9. The highest BCUT2D eigenvalue weighted by Crippen LogP contribution is 2.37. The van der Waals surface area contributed by atoms with Crippen LogP contribution in [0.15, 0.2) is 36.5 Å². The van der Waals surface area contributed by atoms with Gasteiger partial charge in [-0.15, -0.1) is 0 Å². The summed E-state index contributed by atoms with van der Waals surface area (Å²) in [6.45, 7) is 1.50. The molecule has 2 fully saturated rings. The molecule has 29 heavy (non-hydrogen) atoms. The molecule has 1 atom stereocenters. The number of benzene rings is 1. The van der Waals surface area contributed by atoms with Gasteiger partial charge in [0.05, 0.1) is 6.10 Å². The Morgan fingerprint density at radius 1 is 1.17 bits per heavy atom. The summed E-state index contributed by atoms with van der Waals surface area (Å²) in [7, 11) is 0. The third-order valence-corrected chi connectivity index (χ3v) is 5.55. The van der Waals surface area contributed by atoms with E-state index in [1.165, 1.54) is 29.3 Å². The van der Waals surface area contributed by atoms with Crippen molar-refractivity contribution in [2.45, 2.75) is 38.5 Å². The molecule has 1 aliphatic heterocycles. The van der Waals surface area contributed by atoms with Crippen LogP contribution in [-0.2, 0) is 16.1 Å². The van der Waals surface area contributed by atoms with Crippen molar-refractivity contribution in [3.63, 3.8) is 0 Å². The first-order chi connectivity index (χ1) is 13.8. The molecule has 0 radical (unpaired) electrons. The smallest absolute Gasteiger partial charge is 0.251 e. The molecule has 8 heteroatoms. The van der Waals surface area contributed by atoms with Gasteiger partial charge < -0.3 is 10.0 Å². The summed E-state index contributed by atoms with van der Waals surface area (Å²) in [5.74, 6) is -2.20. The Hall–Kier alpha value is -2.87. The van der Waals surface area contributed by atoms with Crippen LogP contribution in [0.4, 0.5) is 14.6 Å². The number of hydrogen-bond acceptors (Lipinski definition) is 4. The number of carbonyl (C=O) groups is 2. The molecule has 1 aromatic heterocycles. The zero-order chi connectivity index (χ0) is 20.7. The molecule has 1 aliphatic carbocycles. The number of aliphatic hydroxyl groups is 1. The van der Waals surface area contributed by atoms with Gasteiger partial charge in [0, 0.05) is 12.7 Å². The molecular weight excluding hydrogens is 380 g/mol. The van der Waals surface area contributed by atoms with E-state index in [4.69, 9.17) is 0 Å². The Morgan fingerprint density at radius 2 is 1.86 bits per heavy atom. The van der Waals surface area contributed by atoms with Crippen LogP contribution in [0.25, 0.3) is 0 Å². The van der Waals surface area contributed by atoms with Crippen LogP contribution in [0, 0.1) is 24.5 Å². The number of aromatic nitrogens is 1. The summed E-state index contributed by atoms with van der Waals surface area (Å²) >= 11 is 0. The molecule has 0 spiro atoms. The number of halogens is 2. The molecule has 1 unspecified atom stereocenters. The summed E-state index contributed by atoms with van der Waals surface area (Å²) in [5, 5.41) is 9.72. The van der Waals surface area contributed by atoms with Gasteiger partial charge in [0.25, 0.3) is 5.91 Å². The van der Waals surface area contributed by atoms with Crippen LogP contribution < -0.4 is 4.90 Å². The maximum absolute atomic E-state index is 14.4. The van der Waals surface area contributed by atoms with Gasteiger partial charge in [0.15, 0.2) is 11.6 Å². The molecule has 6 nitrogen and oxygen atoms in total. The monoisotopic (exact) mass is 401 g/mol. The lowest BCUT2D eigenvalue weighted by molar-refractivity contribution is -0.149. The van der Waals surface area contributed by atoms with Gasteiger partial charge in [0.2, 0.25) is 5.91 Å². The molecule has 2 aromatic rings. The molecule has 1 saturated heterocycles. The van der Waals surface area contributed by atoms with E-state index in [0.29, 0.717) is 24.0 Å². The van der Waals surface area contributed by atoms with Crippen LogP contribution in [0.2, 0.25) is 0 Å². The minimum atomic E-state index is -0.827. The van der Waals surface area contributed by atoms with E-state index in [1.807, 2.05) is 0 Å². The van der Waals surface area contributed by atoms with Crippen molar-refractivity contribution in [2.75, 3.05) is 11.4 Å². The highest BCUT2D eigenvalue weighted by molar-refractivity contribution is 6.06. The lowest BCUT2D eigenvalue weighted by Gasteiger charge is -2.47. The van der Waals surface area contributed by atoms with E-state index in [9.17, 15) is 23.5 Å². The quantitative estimate of drug-likeness (QED) is 0.852. The Kier molecular flexibility index (Phi) is 5.04. The summed E-state index contributed by atoms with van der Waals surface area (Å²) in [4.78, 5) is 32.8. The van der Waals surface area contributed by atoms with E-state index in [2.05, 4.69) is 4.98 Å². The first kappa shape index (κ1) is 19.4. The first-order valence-corrected chi connectivity index (χ1v) is 9.49. The predicted molar refractivity (Wildman–Crippen MR) is 101 cm³/mol. The minimum absolute atomic E-state index is 0.139. The van der Waals surface area contributed by atoms with Crippen molar-refractivity contribution in [3.8, 4) is 0 Å². The number of carbonyl (C=O) groups excluding carboxylic acids is 2. The van der Waals surface area contributed by atoms with Crippen LogP contribution in [0.1, 0.15) is 24.0 Å². The largest absolute Gasteiger partial charge is 0.393 e. The molecule has 2 heterocycles. The Balaban J connectivity index is 1.65. The van der Waals surface area contributed by atoms with Crippen LogP contribution in [0.3, 0.4) is 0 Å². The minimum Gasteiger partial charge on any atom is -0.393 e. The summed E-state index contributed by atoms with van der Waals surface area (Å²) < 4.78 is 27.7. The molecule has 2 aliphatic rings. The van der Waals surface area contributed by atoms with Crippen molar-refractivity contribution in [1.82, 2.24) is 9.88 Å². The van der Waals surface area contributed by atoms with Gasteiger partial charge in [-0.3, -0.25) is 14.5 Å². The number of nitrogens with zero attached hydrogens (tertiary/aromatic N) is 3. The fraction of sp³-hybridized carbons (Fsp3) is 0.381. The van der Waals surface area contributed by atoms with E-state index < -0.39 is 23.9 Å². The molecule has 4 rings (SSSR count). The second kappa shape index (κ2) is 7.51. The zero-order valence-corrected chi connectivity index (χ0v) is 15.9. The fourth-order valence-corrected chi connectivity index (χ4v) is 3.97. The van der Waals surface area contributed by atoms with E-state index in [-0.39, 0.29) is 36.5 Å². The summed E-state index contributed by atoms with van der Waals surface area (Å²) in [6.07, 6.45) is 1.71. The molecule has 0 bridgehead atoms. The van der Waals surface area contributed by atoms with Gasteiger partial charge >= 0.3 is 0 Å². The number of aliphatic hydroxyl groups excluding tert-OH is 1. The normalized spacial score (nSPS) is 24.6. The molecule has 1 N–H and O–H groups in total. The van der Waals surface area contributed by atoms with Crippen LogP contribution >= 0.6 is 0 Å². The average Bonchev–Trinajstić information content (AvgIpc) is 2.65. The lowest BCUT2D eigenvalue weighted by atomic mass is 9.75. The van der Waals surface area contributed by atoms with Crippen LogP contribution in [0.5, 0.6) is 0 Å². The standard InChI is InChI=1S/C21H21F2N3O3/c1-12-6-17(23)20(24-9-12)26-11-18(28)25(10-13-2-4-15(22)5-3-13)19(21(26)29)14-7-16(27)8-14/h2-6,9,14,16,19,27H,7-8,10-11H2,1H3. The number of piperazine rings is 1. The third-order valence-electron chi connectivity index (χ3n) is 5.55. The number of hydrogen-bond donors (Lipinski definition) is 1. The van der Waals surface area contributed by atoms with Crippen molar-refractivity contribution in [2.24, 2.45) is 5.92 Å². The number of amides is 2.